The van der Waals surface area contributed by atoms with Crippen LogP contribution in [0, 0.1) is 0 Å². The lowest BCUT2D eigenvalue weighted by atomic mass is 9.87. The third-order valence-electron chi connectivity index (χ3n) is 4.17. The minimum Gasteiger partial charge on any atom is -0.0654 e. The fraction of sp³-hybridized carbons (Fsp3) is 0.500. The summed E-state index contributed by atoms with van der Waals surface area (Å²) in [6.45, 7) is 6.88. The summed E-state index contributed by atoms with van der Waals surface area (Å²) in [4.78, 5) is 0. The van der Waals surface area contributed by atoms with E-state index in [9.17, 15) is 0 Å². The Balaban J connectivity index is 2.61. The van der Waals surface area contributed by atoms with Gasteiger partial charge < -0.3 is 0 Å². The molecule has 0 aromatic heterocycles. The van der Waals surface area contributed by atoms with Crippen molar-refractivity contribution in [3.05, 3.63) is 47.0 Å². The van der Waals surface area contributed by atoms with Crippen LogP contribution in [-0.2, 0) is 19.3 Å². The fourth-order valence-corrected chi connectivity index (χ4v) is 3.22. The number of unbranched alkanes of at least 4 members (excludes halogenated alkanes) is 1. The quantitative estimate of drug-likeness (QED) is 0.570. The number of rotatable bonds is 7. The monoisotopic (exact) mass is 268 g/mol. The highest BCUT2D eigenvalue weighted by atomic mass is 14.2. The average Bonchev–Trinajstić information content (AvgIpc) is 2.47. The van der Waals surface area contributed by atoms with Gasteiger partial charge in [-0.1, -0.05) is 70.4 Å². The summed E-state index contributed by atoms with van der Waals surface area (Å²) in [6.07, 6.45) is 8.76. The molecular formula is C20H28. The molecule has 0 radical (unpaired) electrons. The van der Waals surface area contributed by atoms with Gasteiger partial charge in [0.1, 0.15) is 0 Å². The molecule has 0 aliphatic heterocycles. The molecule has 0 spiro atoms. The van der Waals surface area contributed by atoms with Crippen LogP contribution in [0.5, 0.6) is 0 Å². The molecule has 2 rings (SSSR count). The zero-order chi connectivity index (χ0) is 14.4. The lowest BCUT2D eigenvalue weighted by Crippen LogP contribution is -2.02. The molecule has 0 nitrogen and oxygen atoms in total. The van der Waals surface area contributed by atoms with E-state index in [0.29, 0.717) is 0 Å². The first-order valence-corrected chi connectivity index (χ1v) is 8.34. The van der Waals surface area contributed by atoms with Gasteiger partial charge in [-0.3, -0.25) is 0 Å². The zero-order valence-corrected chi connectivity index (χ0v) is 13.3. The molecule has 108 valence electrons. The predicted molar refractivity (Wildman–Crippen MR) is 90.6 cm³/mol. The molecule has 0 bridgehead atoms. The third-order valence-corrected chi connectivity index (χ3v) is 4.17. The van der Waals surface area contributed by atoms with E-state index in [0.717, 1.165) is 0 Å². The van der Waals surface area contributed by atoms with E-state index in [1.54, 1.807) is 16.7 Å². The van der Waals surface area contributed by atoms with Gasteiger partial charge in [0.05, 0.1) is 0 Å². The van der Waals surface area contributed by atoms with Crippen LogP contribution in [0.15, 0.2) is 30.3 Å². The van der Waals surface area contributed by atoms with Crippen LogP contribution >= 0.6 is 0 Å². The molecule has 0 atom stereocenters. The normalized spacial score (nSPS) is 11.2. The first kappa shape index (κ1) is 15.1. The van der Waals surface area contributed by atoms with Crippen molar-refractivity contribution in [2.45, 2.75) is 65.7 Å². The number of aryl methyl sites for hydroxylation is 2. The molecule has 0 fully saturated rings. The van der Waals surface area contributed by atoms with Crippen LogP contribution in [-0.4, -0.2) is 0 Å². The van der Waals surface area contributed by atoms with Crippen LogP contribution < -0.4 is 0 Å². The highest BCUT2D eigenvalue weighted by molar-refractivity contribution is 5.88. The van der Waals surface area contributed by atoms with E-state index >= 15 is 0 Å². The molecule has 0 N–H and O–H groups in total. The maximum absolute atomic E-state index is 2.44. The van der Waals surface area contributed by atoms with Crippen LogP contribution in [0.4, 0.5) is 0 Å². The van der Waals surface area contributed by atoms with E-state index in [1.165, 1.54) is 55.7 Å². The summed E-state index contributed by atoms with van der Waals surface area (Å²) in [5, 5.41) is 2.92. The van der Waals surface area contributed by atoms with Crippen molar-refractivity contribution in [2.24, 2.45) is 0 Å². The molecule has 0 heteroatoms. The summed E-state index contributed by atoms with van der Waals surface area (Å²) < 4.78 is 0. The lowest BCUT2D eigenvalue weighted by molar-refractivity contribution is 0.777. The number of fused-ring (bicyclic) bond motifs is 1. The van der Waals surface area contributed by atoms with Gasteiger partial charge >= 0.3 is 0 Å². The Labute approximate surface area is 124 Å². The summed E-state index contributed by atoms with van der Waals surface area (Å²) in [7, 11) is 0. The Morgan fingerprint density at radius 2 is 1.50 bits per heavy atom. The molecule has 0 heterocycles. The van der Waals surface area contributed by atoms with Gasteiger partial charge in [0.15, 0.2) is 0 Å². The van der Waals surface area contributed by atoms with Crippen molar-refractivity contribution in [3.63, 3.8) is 0 Å². The second-order valence-corrected chi connectivity index (χ2v) is 5.82. The van der Waals surface area contributed by atoms with Crippen molar-refractivity contribution < 1.29 is 0 Å². The third kappa shape index (κ3) is 3.23. The van der Waals surface area contributed by atoms with E-state index in [1.807, 2.05) is 0 Å². The average molecular weight is 268 g/mol. The molecule has 0 aliphatic rings. The van der Waals surface area contributed by atoms with E-state index in [4.69, 9.17) is 0 Å². The molecule has 0 amide bonds. The fourth-order valence-electron chi connectivity index (χ4n) is 3.22. The molecule has 0 aliphatic carbocycles. The van der Waals surface area contributed by atoms with E-state index in [2.05, 4.69) is 51.1 Å². The molecule has 20 heavy (non-hydrogen) atoms. The summed E-state index contributed by atoms with van der Waals surface area (Å²) >= 11 is 0. The minimum atomic E-state index is 1.22. The van der Waals surface area contributed by atoms with Gasteiger partial charge in [0, 0.05) is 0 Å². The predicted octanol–water partition coefficient (Wildman–Crippen LogP) is 6.09. The molecule has 0 saturated carbocycles. The Bertz CT molecular complexity index is 551. The first-order chi connectivity index (χ1) is 9.81. The van der Waals surface area contributed by atoms with Crippen molar-refractivity contribution in [1.29, 1.82) is 0 Å². The van der Waals surface area contributed by atoms with Crippen LogP contribution in [0.3, 0.4) is 0 Å². The number of hydrogen-bond acceptors (Lipinski definition) is 0. The Hall–Kier alpha value is -1.30. The molecule has 2 aromatic carbocycles. The van der Waals surface area contributed by atoms with Crippen molar-refractivity contribution in [3.8, 4) is 0 Å². The van der Waals surface area contributed by atoms with Crippen LogP contribution in [0.2, 0.25) is 0 Å². The smallest absolute Gasteiger partial charge is 0.0149 e. The van der Waals surface area contributed by atoms with Gasteiger partial charge in [-0.05, 0) is 53.1 Å². The maximum atomic E-state index is 2.44. The summed E-state index contributed by atoms with van der Waals surface area (Å²) in [6, 6.07) is 11.4. The largest absolute Gasteiger partial charge is 0.0654 e. The van der Waals surface area contributed by atoms with Crippen LogP contribution in [0.25, 0.3) is 10.8 Å². The number of benzene rings is 2. The minimum absolute atomic E-state index is 1.22. The van der Waals surface area contributed by atoms with E-state index in [-0.39, 0.29) is 0 Å². The topological polar surface area (TPSA) is 0 Å². The SMILES string of the molecule is CCCCc1c(CCC)c(CCC)cc2ccccc12. The van der Waals surface area contributed by atoms with Gasteiger partial charge in [-0.25, -0.2) is 0 Å². The lowest BCUT2D eigenvalue weighted by Gasteiger charge is -2.18. The zero-order valence-electron chi connectivity index (χ0n) is 13.3. The van der Waals surface area contributed by atoms with Gasteiger partial charge in [-0.2, -0.15) is 0 Å². The Kier molecular flexibility index (Phi) is 5.64. The van der Waals surface area contributed by atoms with Gasteiger partial charge in [-0.15, -0.1) is 0 Å². The standard InChI is InChI=1S/C20H28/c1-4-7-13-20-18(11-6-3)16(10-5-2)15-17-12-8-9-14-19(17)20/h8-9,12,14-15H,4-7,10-11,13H2,1-3H3. The van der Waals surface area contributed by atoms with Crippen molar-refractivity contribution in [2.75, 3.05) is 0 Å². The highest BCUT2D eigenvalue weighted by Crippen LogP contribution is 2.29. The summed E-state index contributed by atoms with van der Waals surface area (Å²) in [5.41, 5.74) is 4.89. The van der Waals surface area contributed by atoms with Crippen molar-refractivity contribution in [1.82, 2.24) is 0 Å². The summed E-state index contributed by atoms with van der Waals surface area (Å²) in [5.74, 6) is 0. The molecular weight excluding hydrogens is 240 g/mol. The molecule has 2 aromatic rings. The Morgan fingerprint density at radius 1 is 0.750 bits per heavy atom. The maximum Gasteiger partial charge on any atom is -0.0149 e. The van der Waals surface area contributed by atoms with Crippen molar-refractivity contribution >= 4 is 10.8 Å². The second kappa shape index (κ2) is 7.47. The molecule has 0 unspecified atom stereocenters. The Morgan fingerprint density at radius 3 is 2.20 bits per heavy atom. The number of hydrogen-bond donors (Lipinski definition) is 0. The van der Waals surface area contributed by atoms with Crippen LogP contribution in [0.1, 0.15) is 63.1 Å². The van der Waals surface area contributed by atoms with Gasteiger partial charge in [0.25, 0.3) is 0 Å². The molecule has 0 saturated heterocycles. The first-order valence-electron chi connectivity index (χ1n) is 8.34. The van der Waals surface area contributed by atoms with Gasteiger partial charge in [0.2, 0.25) is 0 Å². The highest BCUT2D eigenvalue weighted by Gasteiger charge is 2.12. The second-order valence-electron chi connectivity index (χ2n) is 5.82. The van der Waals surface area contributed by atoms with E-state index < -0.39 is 0 Å².